The number of hydrogen-bond donors (Lipinski definition) is 0. The summed E-state index contributed by atoms with van der Waals surface area (Å²) < 4.78 is 40.9. The van der Waals surface area contributed by atoms with Gasteiger partial charge in [-0.3, -0.25) is 9.69 Å². The molecule has 0 aliphatic carbocycles. The molecule has 1 fully saturated rings. The Balaban J connectivity index is 1.64. The Morgan fingerprint density at radius 2 is 1.60 bits per heavy atom. The van der Waals surface area contributed by atoms with E-state index in [0.29, 0.717) is 43.3 Å². The average Bonchev–Trinajstić information content (AvgIpc) is 2.61. The van der Waals surface area contributed by atoms with Crippen molar-refractivity contribution >= 4 is 17.5 Å². The van der Waals surface area contributed by atoms with Crippen molar-refractivity contribution in [1.29, 1.82) is 0 Å². The van der Waals surface area contributed by atoms with Gasteiger partial charge in [-0.2, -0.15) is 0 Å². The third kappa shape index (κ3) is 3.80. The molecule has 3 rings (SSSR count). The van der Waals surface area contributed by atoms with Crippen molar-refractivity contribution in [3.63, 3.8) is 0 Å². The average molecular weight is 369 g/mol. The van der Waals surface area contributed by atoms with E-state index >= 15 is 0 Å². The molecule has 25 heavy (non-hydrogen) atoms. The van der Waals surface area contributed by atoms with Gasteiger partial charge in [-0.1, -0.05) is 23.7 Å². The Kier molecular flexibility index (Phi) is 5.30. The summed E-state index contributed by atoms with van der Waals surface area (Å²) in [5.74, 6) is -3.08. The lowest BCUT2D eigenvalue weighted by atomic mass is 10.1. The molecule has 0 unspecified atom stereocenters. The first-order chi connectivity index (χ1) is 12.0. The number of carbonyl (C=O) groups is 1. The normalized spacial score (nSPS) is 15.4. The van der Waals surface area contributed by atoms with Gasteiger partial charge in [0.1, 0.15) is 5.82 Å². The zero-order valence-corrected chi connectivity index (χ0v) is 14.1. The maximum Gasteiger partial charge on any atom is 0.257 e. The maximum absolute atomic E-state index is 13.9. The predicted molar refractivity (Wildman–Crippen MR) is 88.9 cm³/mol. The molecule has 2 aromatic carbocycles. The fourth-order valence-electron chi connectivity index (χ4n) is 2.86. The summed E-state index contributed by atoms with van der Waals surface area (Å²) in [5.41, 5.74) is 0.144. The summed E-state index contributed by atoms with van der Waals surface area (Å²) in [6.07, 6.45) is 0. The van der Waals surface area contributed by atoms with E-state index in [0.717, 1.165) is 6.07 Å². The standard InChI is InChI=1S/C18H16ClF3N2O/c19-14-4-2-5-15(20)13(14)11-23-7-9-24(10-8-23)18(25)12-3-1-6-16(21)17(12)22/h1-6H,7-11H2. The van der Waals surface area contributed by atoms with Crippen LogP contribution in [0.15, 0.2) is 36.4 Å². The Morgan fingerprint density at radius 3 is 2.28 bits per heavy atom. The zero-order valence-electron chi connectivity index (χ0n) is 13.3. The molecule has 7 heteroatoms. The van der Waals surface area contributed by atoms with Gasteiger partial charge in [0.15, 0.2) is 11.6 Å². The van der Waals surface area contributed by atoms with E-state index in [-0.39, 0.29) is 11.4 Å². The summed E-state index contributed by atoms with van der Waals surface area (Å²) in [7, 11) is 0. The predicted octanol–water partition coefficient (Wildman–Crippen LogP) is 3.72. The second-order valence-electron chi connectivity index (χ2n) is 5.87. The van der Waals surface area contributed by atoms with E-state index in [2.05, 4.69) is 0 Å². The van der Waals surface area contributed by atoms with Crippen LogP contribution in [0.3, 0.4) is 0 Å². The Bertz CT molecular complexity index is 772. The summed E-state index contributed by atoms with van der Waals surface area (Å²) in [5, 5.41) is 0.361. The lowest BCUT2D eigenvalue weighted by Crippen LogP contribution is -2.48. The van der Waals surface area contributed by atoms with Gasteiger partial charge >= 0.3 is 0 Å². The molecular formula is C18H16ClF3N2O. The van der Waals surface area contributed by atoms with E-state index in [1.54, 1.807) is 12.1 Å². The molecule has 1 aliphatic heterocycles. The first kappa shape index (κ1) is 17.8. The van der Waals surface area contributed by atoms with E-state index in [1.807, 2.05) is 4.90 Å². The summed E-state index contributed by atoms with van der Waals surface area (Å²) >= 11 is 6.03. The Morgan fingerprint density at radius 1 is 0.960 bits per heavy atom. The lowest BCUT2D eigenvalue weighted by Gasteiger charge is -2.35. The molecule has 0 bridgehead atoms. The number of piperazine rings is 1. The van der Waals surface area contributed by atoms with Crippen LogP contribution in [0, 0.1) is 17.5 Å². The van der Waals surface area contributed by atoms with Crippen molar-refractivity contribution in [3.05, 3.63) is 70.0 Å². The van der Waals surface area contributed by atoms with Gasteiger partial charge in [-0.25, -0.2) is 13.2 Å². The number of amides is 1. The van der Waals surface area contributed by atoms with Gasteiger partial charge in [0, 0.05) is 43.3 Å². The molecule has 1 aliphatic rings. The number of halogens is 4. The number of rotatable bonds is 3. The van der Waals surface area contributed by atoms with E-state index in [4.69, 9.17) is 11.6 Å². The molecule has 3 nitrogen and oxygen atoms in total. The van der Waals surface area contributed by atoms with Crippen LogP contribution >= 0.6 is 11.6 Å². The molecular weight excluding hydrogens is 353 g/mol. The van der Waals surface area contributed by atoms with Crippen molar-refractivity contribution < 1.29 is 18.0 Å². The lowest BCUT2D eigenvalue weighted by molar-refractivity contribution is 0.0621. The van der Waals surface area contributed by atoms with E-state index in [9.17, 15) is 18.0 Å². The molecule has 0 N–H and O–H groups in total. The van der Waals surface area contributed by atoms with Gasteiger partial charge in [0.25, 0.3) is 5.91 Å². The monoisotopic (exact) mass is 368 g/mol. The molecule has 1 heterocycles. The van der Waals surface area contributed by atoms with Gasteiger partial charge in [0.2, 0.25) is 0 Å². The van der Waals surface area contributed by atoms with Crippen LogP contribution in [0.4, 0.5) is 13.2 Å². The third-order valence-electron chi connectivity index (χ3n) is 4.28. The minimum absolute atomic E-state index is 0.273. The highest BCUT2D eigenvalue weighted by Gasteiger charge is 2.25. The molecule has 0 spiro atoms. The van der Waals surface area contributed by atoms with Crippen LogP contribution in [0.2, 0.25) is 5.02 Å². The topological polar surface area (TPSA) is 23.6 Å². The molecule has 0 atom stereocenters. The third-order valence-corrected chi connectivity index (χ3v) is 4.64. The highest BCUT2D eigenvalue weighted by atomic mass is 35.5. The minimum Gasteiger partial charge on any atom is -0.336 e. The molecule has 0 radical (unpaired) electrons. The Labute approximate surface area is 148 Å². The number of hydrogen-bond acceptors (Lipinski definition) is 2. The molecule has 0 aromatic heterocycles. The Hall–Kier alpha value is -2.05. The van der Waals surface area contributed by atoms with Crippen LogP contribution in [-0.2, 0) is 6.54 Å². The molecule has 1 saturated heterocycles. The van der Waals surface area contributed by atoms with Crippen LogP contribution in [-0.4, -0.2) is 41.9 Å². The number of nitrogens with zero attached hydrogens (tertiary/aromatic N) is 2. The molecule has 2 aromatic rings. The van der Waals surface area contributed by atoms with Crippen LogP contribution in [0.5, 0.6) is 0 Å². The van der Waals surface area contributed by atoms with Gasteiger partial charge in [0.05, 0.1) is 5.56 Å². The van der Waals surface area contributed by atoms with Crippen LogP contribution < -0.4 is 0 Å². The summed E-state index contributed by atoms with van der Waals surface area (Å²) in [6.45, 7) is 2.02. The van der Waals surface area contributed by atoms with Crippen LogP contribution in [0.1, 0.15) is 15.9 Å². The van der Waals surface area contributed by atoms with Crippen LogP contribution in [0.25, 0.3) is 0 Å². The second-order valence-corrected chi connectivity index (χ2v) is 6.28. The molecule has 132 valence electrons. The summed E-state index contributed by atoms with van der Waals surface area (Å²) in [6, 6.07) is 8.09. The minimum atomic E-state index is -1.13. The first-order valence-corrected chi connectivity index (χ1v) is 8.23. The van der Waals surface area contributed by atoms with Gasteiger partial charge < -0.3 is 4.90 Å². The zero-order chi connectivity index (χ0) is 18.0. The van der Waals surface area contributed by atoms with Crippen molar-refractivity contribution in [2.24, 2.45) is 0 Å². The number of carbonyl (C=O) groups excluding carboxylic acids is 1. The van der Waals surface area contributed by atoms with Gasteiger partial charge in [-0.15, -0.1) is 0 Å². The van der Waals surface area contributed by atoms with Crippen molar-refractivity contribution in [3.8, 4) is 0 Å². The summed E-state index contributed by atoms with van der Waals surface area (Å²) in [4.78, 5) is 15.8. The highest BCUT2D eigenvalue weighted by molar-refractivity contribution is 6.31. The van der Waals surface area contributed by atoms with Crippen molar-refractivity contribution in [2.75, 3.05) is 26.2 Å². The molecule has 1 amide bonds. The first-order valence-electron chi connectivity index (χ1n) is 7.86. The fraction of sp³-hybridized carbons (Fsp3) is 0.278. The number of benzene rings is 2. The maximum atomic E-state index is 13.9. The largest absolute Gasteiger partial charge is 0.336 e. The van der Waals surface area contributed by atoms with Crippen molar-refractivity contribution in [2.45, 2.75) is 6.54 Å². The SMILES string of the molecule is O=C(c1cccc(F)c1F)N1CCN(Cc2c(F)cccc2Cl)CC1. The van der Waals surface area contributed by atoms with E-state index in [1.165, 1.54) is 23.1 Å². The fourth-order valence-corrected chi connectivity index (χ4v) is 3.08. The quantitative estimate of drug-likeness (QED) is 0.824. The smallest absolute Gasteiger partial charge is 0.257 e. The highest BCUT2D eigenvalue weighted by Crippen LogP contribution is 2.22. The second kappa shape index (κ2) is 7.45. The van der Waals surface area contributed by atoms with Crippen molar-refractivity contribution in [1.82, 2.24) is 9.80 Å². The molecule has 0 saturated carbocycles. The van der Waals surface area contributed by atoms with E-state index < -0.39 is 17.5 Å². The van der Waals surface area contributed by atoms with Gasteiger partial charge in [-0.05, 0) is 24.3 Å².